The molecule has 0 spiro atoms. The van der Waals surface area contributed by atoms with Gasteiger partial charge in [-0.3, -0.25) is 14.6 Å². The van der Waals surface area contributed by atoms with Crippen molar-refractivity contribution in [2.45, 2.75) is 19.8 Å². The van der Waals surface area contributed by atoms with Gasteiger partial charge in [-0.2, -0.15) is 5.26 Å². The predicted octanol–water partition coefficient (Wildman–Crippen LogP) is 6.62. The average Bonchev–Trinajstić information content (AvgIpc) is 2.90. The first-order valence-corrected chi connectivity index (χ1v) is 13.4. The van der Waals surface area contributed by atoms with Gasteiger partial charge in [0.05, 0.1) is 16.9 Å². The molecule has 0 aliphatic carbocycles. The summed E-state index contributed by atoms with van der Waals surface area (Å²) in [6.45, 7) is 3.61. The number of halogens is 2. The van der Waals surface area contributed by atoms with E-state index in [0.717, 1.165) is 11.1 Å². The Kier molecular flexibility index (Phi) is 8.85. The third-order valence-corrected chi connectivity index (χ3v) is 7.64. The number of aryl methyl sites for hydroxylation is 1. The van der Waals surface area contributed by atoms with Crippen molar-refractivity contribution in [3.05, 3.63) is 99.4 Å². The minimum Gasteiger partial charge on any atom is -0.325 e. The standard InChI is InChI=1S/C28H23Cl2N5O2S/c1-16-3-6-21(13-23(16)30)34-24(36)15-38-28-22(14-31)26(18-9-11-32-12-10-18)25(17(2)33-28)27(37)35-20-7-4-19(29)5-8-20/h3-13,22,26H,15H2,1-2H3,(H,34,36)(H,35,37). The monoisotopic (exact) mass is 563 g/mol. The maximum Gasteiger partial charge on any atom is 0.254 e. The number of hydrogen-bond donors (Lipinski definition) is 2. The van der Waals surface area contributed by atoms with Crippen LogP contribution >= 0.6 is 35.0 Å². The Balaban J connectivity index is 1.60. The molecule has 2 heterocycles. The molecule has 2 amide bonds. The summed E-state index contributed by atoms with van der Waals surface area (Å²) in [5, 5.41) is 17.5. The normalized spacial score (nSPS) is 16.9. The molecular weight excluding hydrogens is 541 g/mol. The van der Waals surface area contributed by atoms with E-state index in [2.05, 4.69) is 26.7 Å². The highest BCUT2D eigenvalue weighted by molar-refractivity contribution is 8.14. The summed E-state index contributed by atoms with van der Waals surface area (Å²) in [6, 6.07) is 17.9. The van der Waals surface area contributed by atoms with Gasteiger partial charge in [0, 0.05) is 51.0 Å². The van der Waals surface area contributed by atoms with Crippen LogP contribution in [-0.2, 0) is 9.59 Å². The fourth-order valence-electron chi connectivity index (χ4n) is 4.06. The second kappa shape index (κ2) is 12.3. The molecular formula is C28H23Cl2N5O2S. The largest absolute Gasteiger partial charge is 0.325 e. The fraction of sp³-hybridized carbons (Fsp3) is 0.179. The highest BCUT2D eigenvalue weighted by Gasteiger charge is 2.39. The Morgan fingerprint density at radius 1 is 1.00 bits per heavy atom. The number of carbonyl (C=O) groups is 2. The van der Waals surface area contributed by atoms with Crippen molar-refractivity contribution in [3.8, 4) is 6.07 Å². The lowest BCUT2D eigenvalue weighted by Gasteiger charge is -2.30. The number of nitriles is 1. The number of nitrogens with zero attached hydrogens (tertiary/aromatic N) is 3. The molecule has 0 saturated carbocycles. The highest BCUT2D eigenvalue weighted by Crippen LogP contribution is 2.41. The van der Waals surface area contributed by atoms with Crippen LogP contribution < -0.4 is 10.6 Å². The zero-order valence-electron chi connectivity index (χ0n) is 20.5. The van der Waals surface area contributed by atoms with E-state index in [4.69, 9.17) is 23.2 Å². The predicted molar refractivity (Wildman–Crippen MR) is 154 cm³/mol. The number of rotatable bonds is 6. The zero-order chi connectivity index (χ0) is 27.2. The molecule has 2 N–H and O–H groups in total. The minimum atomic E-state index is -0.779. The van der Waals surface area contributed by atoms with Gasteiger partial charge in [-0.05, 0) is 73.5 Å². The Labute approximate surface area is 235 Å². The second-order valence-corrected chi connectivity index (χ2v) is 10.4. The number of carbonyl (C=O) groups excluding carboxylic acids is 2. The van der Waals surface area contributed by atoms with Crippen molar-refractivity contribution in [1.82, 2.24) is 4.98 Å². The van der Waals surface area contributed by atoms with Gasteiger partial charge in [-0.15, -0.1) is 0 Å². The topological polar surface area (TPSA) is 107 Å². The quantitative estimate of drug-likeness (QED) is 0.350. The van der Waals surface area contributed by atoms with Crippen molar-refractivity contribution >= 4 is 63.2 Å². The van der Waals surface area contributed by atoms with E-state index in [1.165, 1.54) is 11.8 Å². The van der Waals surface area contributed by atoms with Gasteiger partial charge in [-0.1, -0.05) is 41.0 Å². The van der Waals surface area contributed by atoms with Gasteiger partial charge in [0.15, 0.2) is 0 Å². The van der Waals surface area contributed by atoms with Crippen LogP contribution in [0.15, 0.2) is 83.3 Å². The number of anilines is 2. The van der Waals surface area contributed by atoms with Crippen LogP contribution in [0.1, 0.15) is 24.0 Å². The molecule has 10 heteroatoms. The number of allylic oxidation sites excluding steroid dienone is 1. The Bertz CT molecular complexity index is 1470. The van der Waals surface area contributed by atoms with E-state index >= 15 is 0 Å². The molecule has 2 aromatic carbocycles. The van der Waals surface area contributed by atoms with E-state index in [0.29, 0.717) is 37.7 Å². The summed E-state index contributed by atoms with van der Waals surface area (Å²) in [5.41, 5.74) is 3.66. The van der Waals surface area contributed by atoms with Crippen LogP contribution in [0.2, 0.25) is 10.0 Å². The molecule has 1 aliphatic rings. The minimum absolute atomic E-state index is 0.0329. The molecule has 0 radical (unpaired) electrons. The van der Waals surface area contributed by atoms with Gasteiger partial charge in [-0.25, -0.2) is 4.99 Å². The number of thioether (sulfide) groups is 1. The molecule has 2 atom stereocenters. The number of hydrogen-bond acceptors (Lipinski definition) is 6. The SMILES string of the molecule is CC1=C(C(=O)Nc2ccc(Cl)cc2)C(c2ccncc2)C(C#N)C(SCC(=O)Nc2ccc(C)c(Cl)c2)=N1. The van der Waals surface area contributed by atoms with E-state index in [1.807, 2.05) is 13.0 Å². The van der Waals surface area contributed by atoms with Crippen molar-refractivity contribution in [1.29, 1.82) is 5.26 Å². The second-order valence-electron chi connectivity index (χ2n) is 8.58. The molecule has 3 aromatic rings. The summed E-state index contributed by atoms with van der Waals surface area (Å²) < 4.78 is 0. The maximum atomic E-state index is 13.5. The smallest absolute Gasteiger partial charge is 0.254 e. The molecule has 38 heavy (non-hydrogen) atoms. The first kappa shape index (κ1) is 27.4. The lowest BCUT2D eigenvalue weighted by molar-refractivity contribution is -0.114. The van der Waals surface area contributed by atoms with Crippen molar-refractivity contribution in [2.24, 2.45) is 10.9 Å². The van der Waals surface area contributed by atoms with Crippen molar-refractivity contribution in [2.75, 3.05) is 16.4 Å². The molecule has 1 aromatic heterocycles. The highest BCUT2D eigenvalue weighted by atomic mass is 35.5. The van der Waals surface area contributed by atoms with Crippen LogP contribution in [0.5, 0.6) is 0 Å². The molecule has 4 rings (SSSR count). The lowest BCUT2D eigenvalue weighted by atomic mass is 9.79. The Morgan fingerprint density at radius 2 is 1.68 bits per heavy atom. The van der Waals surface area contributed by atoms with Gasteiger partial charge >= 0.3 is 0 Å². The van der Waals surface area contributed by atoms with E-state index in [9.17, 15) is 14.9 Å². The average molecular weight is 564 g/mol. The third kappa shape index (κ3) is 6.43. The summed E-state index contributed by atoms with van der Waals surface area (Å²) in [6.07, 6.45) is 3.24. The Hall–Kier alpha value is -3.64. The first-order chi connectivity index (χ1) is 18.3. The zero-order valence-corrected chi connectivity index (χ0v) is 22.9. The van der Waals surface area contributed by atoms with E-state index in [-0.39, 0.29) is 17.6 Å². The van der Waals surface area contributed by atoms with Gasteiger partial charge in [0.2, 0.25) is 5.91 Å². The van der Waals surface area contributed by atoms with Crippen LogP contribution in [0.4, 0.5) is 11.4 Å². The van der Waals surface area contributed by atoms with E-state index in [1.54, 1.807) is 67.8 Å². The third-order valence-electron chi connectivity index (χ3n) is 5.94. The van der Waals surface area contributed by atoms with Gasteiger partial charge in [0.1, 0.15) is 5.92 Å². The molecule has 0 fully saturated rings. The van der Waals surface area contributed by atoms with Crippen molar-refractivity contribution < 1.29 is 9.59 Å². The fourth-order valence-corrected chi connectivity index (χ4v) is 5.28. The number of aliphatic imine (C=N–C) groups is 1. The number of benzene rings is 2. The summed E-state index contributed by atoms with van der Waals surface area (Å²) in [5.74, 6) is -1.98. The van der Waals surface area contributed by atoms with Crippen LogP contribution in [-0.4, -0.2) is 27.6 Å². The molecule has 2 unspecified atom stereocenters. The first-order valence-electron chi connectivity index (χ1n) is 11.6. The number of pyridine rings is 1. The van der Waals surface area contributed by atoms with E-state index < -0.39 is 11.8 Å². The molecule has 7 nitrogen and oxygen atoms in total. The van der Waals surface area contributed by atoms with Crippen LogP contribution in [0, 0.1) is 24.2 Å². The summed E-state index contributed by atoms with van der Waals surface area (Å²) >= 11 is 13.3. The van der Waals surface area contributed by atoms with Crippen LogP contribution in [0.25, 0.3) is 0 Å². The maximum absolute atomic E-state index is 13.5. The summed E-state index contributed by atoms with van der Waals surface area (Å²) in [7, 11) is 0. The van der Waals surface area contributed by atoms with Gasteiger partial charge in [0.25, 0.3) is 5.91 Å². The van der Waals surface area contributed by atoms with Gasteiger partial charge < -0.3 is 10.6 Å². The lowest BCUT2D eigenvalue weighted by Crippen LogP contribution is -2.31. The van der Waals surface area contributed by atoms with Crippen molar-refractivity contribution in [3.63, 3.8) is 0 Å². The molecule has 192 valence electrons. The Morgan fingerprint density at radius 3 is 2.34 bits per heavy atom. The number of amides is 2. The molecule has 0 saturated heterocycles. The number of nitrogens with one attached hydrogen (secondary N) is 2. The molecule has 1 aliphatic heterocycles. The summed E-state index contributed by atoms with van der Waals surface area (Å²) in [4.78, 5) is 34.8. The number of aromatic nitrogens is 1. The van der Waals surface area contributed by atoms with Crippen LogP contribution in [0.3, 0.4) is 0 Å². The molecule has 0 bridgehead atoms.